The van der Waals surface area contributed by atoms with Crippen molar-refractivity contribution in [3.05, 3.63) is 72.8 Å². The largest absolute Gasteiger partial charge is 1.00 e. The van der Waals surface area contributed by atoms with E-state index >= 15 is 0 Å². The molecule has 0 heterocycles. The van der Waals surface area contributed by atoms with E-state index in [9.17, 15) is 0 Å². The van der Waals surface area contributed by atoms with Gasteiger partial charge in [0.1, 0.15) is 0 Å². The predicted molar refractivity (Wildman–Crippen MR) is 123 cm³/mol. The maximum Gasteiger partial charge on any atom is -1.00 e. The van der Waals surface area contributed by atoms with Gasteiger partial charge in [-0.15, -0.1) is 0 Å². The summed E-state index contributed by atoms with van der Waals surface area (Å²) in [6, 6.07) is 27.1. The molecule has 150 valence electrons. The van der Waals surface area contributed by atoms with Crippen molar-refractivity contribution in [1.82, 2.24) is 0 Å². The zero-order valence-corrected chi connectivity index (χ0v) is 24.5. The van der Waals surface area contributed by atoms with Crippen LogP contribution in [0.4, 0.5) is 0 Å². The number of rotatable bonds is 4. The summed E-state index contributed by atoms with van der Waals surface area (Å²) < 4.78 is 3.15. The van der Waals surface area contributed by atoms with Crippen molar-refractivity contribution < 1.29 is 34.0 Å². The smallest absolute Gasteiger partial charge is 1.00 e. The Hall–Kier alpha value is -0.263. The first-order valence-corrected chi connectivity index (χ1v) is 22.2. The zero-order valence-electron chi connectivity index (χ0n) is 17.6. The molecule has 0 spiro atoms. The Morgan fingerprint density at radius 1 is 0.393 bits per heavy atom. The van der Waals surface area contributed by atoms with Crippen LogP contribution >= 0.6 is 0 Å². The van der Waals surface area contributed by atoms with E-state index in [2.05, 4.69) is 107 Å². The van der Waals surface area contributed by atoms with Crippen molar-refractivity contribution in [3.63, 3.8) is 0 Å². The van der Waals surface area contributed by atoms with Crippen molar-refractivity contribution in [2.45, 2.75) is 34.3 Å². The molecule has 0 nitrogen and oxygen atoms in total. The van der Waals surface area contributed by atoms with Crippen molar-refractivity contribution in [3.8, 4) is 22.3 Å². The van der Waals surface area contributed by atoms with Crippen molar-refractivity contribution in [1.29, 1.82) is 0 Å². The summed E-state index contributed by atoms with van der Waals surface area (Å²) in [7, 11) is 0. The van der Waals surface area contributed by atoms with Crippen LogP contribution in [0.1, 0.15) is 0 Å². The number of hydrogen-bond acceptors (Lipinski definition) is 0. The Balaban J connectivity index is 0.00000196. The van der Waals surface area contributed by atoms with Crippen molar-refractivity contribution >= 4 is 35.8 Å². The van der Waals surface area contributed by atoms with Crippen LogP contribution in [0, 0.1) is 0 Å². The molecule has 0 N–H and O–H groups in total. The minimum atomic E-state index is -1.79. The Morgan fingerprint density at radius 2 is 0.643 bits per heavy atom. The third kappa shape index (κ3) is 5.66. The molecule has 0 saturated carbocycles. The first kappa shape index (κ1) is 25.8. The van der Waals surface area contributed by atoms with E-state index in [1.807, 2.05) is 0 Å². The van der Waals surface area contributed by atoms with Gasteiger partial charge in [0.15, 0.2) is 0 Å². The first-order valence-electron chi connectivity index (χ1n) is 9.11. The van der Waals surface area contributed by atoms with E-state index in [4.69, 9.17) is 0 Å². The SMILES string of the molecule is C[As+](C)(C)c1ccccc1-c1ccccc1-c1ccccc1[As+](C)(C)C.[Br-].[Br-]. The molecule has 0 atom stereocenters. The molecule has 0 unspecified atom stereocenters. The molecule has 0 saturated heterocycles. The molecule has 3 aromatic carbocycles. The van der Waals surface area contributed by atoms with Crippen LogP contribution in [0.25, 0.3) is 22.3 Å². The van der Waals surface area contributed by atoms with E-state index < -0.39 is 27.1 Å². The molecule has 3 rings (SSSR count). The molecular weight excluding hydrogens is 598 g/mol. The van der Waals surface area contributed by atoms with Gasteiger partial charge >= 0.3 is 165 Å². The van der Waals surface area contributed by atoms with E-state index in [0.29, 0.717) is 0 Å². The normalized spacial score (nSPS) is 11.4. The number of halogens is 2. The van der Waals surface area contributed by atoms with Crippen LogP contribution in [-0.4, -0.2) is 27.1 Å². The molecule has 4 heteroatoms. The number of benzene rings is 3. The van der Waals surface area contributed by atoms with E-state index in [1.54, 1.807) is 8.70 Å². The van der Waals surface area contributed by atoms with Crippen LogP contribution < -0.4 is 42.7 Å². The van der Waals surface area contributed by atoms with Gasteiger partial charge in [0, 0.05) is 0 Å². The number of hydrogen-bond donors (Lipinski definition) is 0. The van der Waals surface area contributed by atoms with Gasteiger partial charge in [-0.2, -0.15) is 0 Å². The minimum absolute atomic E-state index is 0. The first-order chi connectivity index (χ1) is 12.2. The summed E-state index contributed by atoms with van der Waals surface area (Å²) in [5.41, 5.74) is 20.4. The van der Waals surface area contributed by atoms with Crippen molar-refractivity contribution in [2.24, 2.45) is 0 Å². The Kier molecular flexibility index (Phi) is 9.36. The van der Waals surface area contributed by atoms with Crippen LogP contribution in [0.5, 0.6) is 0 Å². The monoisotopic (exact) mass is 626 g/mol. The summed E-state index contributed by atoms with van der Waals surface area (Å²) in [6.45, 7) is 0. The Bertz CT molecular complexity index is 846. The van der Waals surface area contributed by atoms with Gasteiger partial charge in [-0.05, 0) is 0 Å². The molecule has 0 bridgehead atoms. The standard InChI is InChI=1S/C24H30As2.2BrH/c1-25(2,3)23-17-11-9-15-21(23)19-13-7-8-14-20(19)22-16-10-12-18-24(22)26(4,5)6;;/h7-18H,1-6H3;2*1H/q+2;;/p-2. The molecule has 0 radical (unpaired) electrons. The summed E-state index contributed by atoms with van der Waals surface area (Å²) >= 11 is -3.58. The fourth-order valence-electron chi connectivity index (χ4n) is 3.53. The van der Waals surface area contributed by atoms with Crippen molar-refractivity contribution in [2.75, 3.05) is 0 Å². The molecule has 3 aromatic rings. The maximum absolute atomic E-state index is 2.47. The van der Waals surface area contributed by atoms with E-state index in [1.165, 1.54) is 22.3 Å². The second-order valence-electron chi connectivity index (χ2n) is 8.60. The molecule has 0 amide bonds. The van der Waals surface area contributed by atoms with Gasteiger partial charge < -0.3 is 34.0 Å². The van der Waals surface area contributed by atoms with Gasteiger partial charge in [-0.3, -0.25) is 0 Å². The van der Waals surface area contributed by atoms with Crippen LogP contribution in [-0.2, 0) is 0 Å². The topological polar surface area (TPSA) is 0 Å². The summed E-state index contributed by atoms with van der Waals surface area (Å²) in [4.78, 5) is 0. The molecule has 0 aliphatic carbocycles. The molecule has 0 aliphatic rings. The summed E-state index contributed by atoms with van der Waals surface area (Å²) in [5, 5.41) is 0. The fourth-order valence-corrected chi connectivity index (χ4v) is 9.61. The molecular formula is C24H30As2Br2. The van der Waals surface area contributed by atoms with Crippen LogP contribution in [0.2, 0.25) is 34.3 Å². The average Bonchev–Trinajstić information content (AvgIpc) is 2.60. The van der Waals surface area contributed by atoms with E-state index in [-0.39, 0.29) is 34.0 Å². The zero-order chi connectivity index (χ0) is 18.9. The average molecular weight is 628 g/mol. The van der Waals surface area contributed by atoms with E-state index in [0.717, 1.165) is 0 Å². The van der Waals surface area contributed by atoms with Gasteiger partial charge in [-0.25, -0.2) is 0 Å². The second-order valence-corrected chi connectivity index (χ2v) is 27.5. The molecule has 28 heavy (non-hydrogen) atoms. The molecule has 0 aromatic heterocycles. The second kappa shape index (κ2) is 10.2. The van der Waals surface area contributed by atoms with Gasteiger partial charge in [0.25, 0.3) is 0 Å². The Morgan fingerprint density at radius 3 is 0.929 bits per heavy atom. The molecule has 0 aliphatic heterocycles. The van der Waals surface area contributed by atoms with Gasteiger partial charge in [-0.1, -0.05) is 0 Å². The quantitative estimate of drug-likeness (QED) is 0.361. The summed E-state index contributed by atoms with van der Waals surface area (Å²) in [5.74, 6) is 0. The van der Waals surface area contributed by atoms with Gasteiger partial charge in [0.05, 0.1) is 0 Å². The van der Waals surface area contributed by atoms with Crippen LogP contribution in [0.15, 0.2) is 72.8 Å². The predicted octanol–water partition coefficient (Wildman–Crippen LogP) is 0.119. The maximum atomic E-state index is 2.47. The van der Waals surface area contributed by atoms with Crippen LogP contribution in [0.3, 0.4) is 0 Å². The Labute approximate surface area is 197 Å². The minimum Gasteiger partial charge on any atom is -1.00 e. The fraction of sp³-hybridized carbons (Fsp3) is 0.250. The third-order valence-electron chi connectivity index (χ3n) is 4.76. The third-order valence-corrected chi connectivity index (χ3v) is 12.5. The summed E-state index contributed by atoms with van der Waals surface area (Å²) in [6.07, 6.45) is 0. The van der Waals surface area contributed by atoms with Gasteiger partial charge in [0.2, 0.25) is 0 Å². The molecule has 0 fully saturated rings.